The standard InChI is InChI=1S/C23H26N4O6S/c1-3-18-20(22(29)32-2)21(14-6-8-15(9-7-14)27(30)31)26-16(13-34-23(26)25-18)11-19(28)24-12-17-5-4-10-33-17/h6-9,13,17,21H,3-5,10-12H2,1-2H3,(H,24,28). The Labute approximate surface area is 201 Å². The van der Waals surface area contributed by atoms with Crippen LogP contribution < -0.4 is 5.32 Å². The van der Waals surface area contributed by atoms with Crippen molar-refractivity contribution in [3.8, 4) is 0 Å². The van der Waals surface area contributed by atoms with Crippen molar-refractivity contribution in [2.75, 3.05) is 20.3 Å². The number of hydrogen-bond donors (Lipinski definition) is 1. The first kappa shape index (κ1) is 24.0. The molecule has 1 N–H and O–H groups in total. The molecule has 1 amide bonds. The van der Waals surface area contributed by atoms with E-state index in [-0.39, 0.29) is 24.1 Å². The first-order valence-corrected chi connectivity index (χ1v) is 12.0. The molecule has 2 unspecified atom stereocenters. The Kier molecular flexibility index (Phi) is 7.32. The number of nitro groups is 1. The molecule has 0 aromatic heterocycles. The maximum absolute atomic E-state index is 12.9. The molecular formula is C23H26N4O6S. The highest BCUT2D eigenvalue weighted by atomic mass is 32.2. The number of methoxy groups -OCH3 is 1. The van der Waals surface area contributed by atoms with E-state index >= 15 is 0 Å². The number of nitrogens with one attached hydrogen (secondary N) is 1. The number of amides is 1. The molecule has 4 rings (SSSR count). The normalized spacial score (nSPS) is 21.6. The summed E-state index contributed by atoms with van der Waals surface area (Å²) in [5, 5.41) is 16.6. The number of ether oxygens (including phenoxy) is 2. The molecule has 0 radical (unpaired) electrons. The number of thioether (sulfide) groups is 1. The molecule has 11 heteroatoms. The fourth-order valence-electron chi connectivity index (χ4n) is 4.27. The van der Waals surface area contributed by atoms with E-state index in [9.17, 15) is 19.7 Å². The summed E-state index contributed by atoms with van der Waals surface area (Å²) >= 11 is 1.38. The number of carbonyl (C=O) groups excluding carboxylic acids is 2. The van der Waals surface area contributed by atoms with Crippen LogP contribution in [0.3, 0.4) is 0 Å². The van der Waals surface area contributed by atoms with Crippen LogP contribution in [0.2, 0.25) is 0 Å². The van der Waals surface area contributed by atoms with Crippen LogP contribution in [0.15, 0.2) is 51.6 Å². The molecule has 0 saturated carbocycles. The number of rotatable bonds is 8. The smallest absolute Gasteiger partial charge is 0.338 e. The quantitative estimate of drug-likeness (QED) is 0.337. The van der Waals surface area contributed by atoms with Crippen LogP contribution in [-0.4, -0.2) is 53.2 Å². The highest BCUT2D eigenvalue weighted by Crippen LogP contribution is 2.45. The third kappa shape index (κ3) is 4.85. The summed E-state index contributed by atoms with van der Waals surface area (Å²) in [4.78, 5) is 42.8. The van der Waals surface area contributed by atoms with Crippen molar-refractivity contribution in [3.05, 3.63) is 62.3 Å². The summed E-state index contributed by atoms with van der Waals surface area (Å²) in [7, 11) is 1.31. The third-order valence-corrected chi connectivity index (χ3v) is 6.83. The molecule has 2 atom stereocenters. The number of nitro benzene ring substituents is 1. The lowest BCUT2D eigenvalue weighted by Crippen LogP contribution is -2.38. The molecule has 3 aliphatic rings. The van der Waals surface area contributed by atoms with Gasteiger partial charge >= 0.3 is 5.97 Å². The molecular weight excluding hydrogens is 460 g/mol. The van der Waals surface area contributed by atoms with Gasteiger partial charge in [-0.05, 0) is 42.4 Å². The van der Waals surface area contributed by atoms with E-state index in [1.807, 2.05) is 17.2 Å². The Morgan fingerprint density at radius 1 is 1.35 bits per heavy atom. The molecule has 3 heterocycles. The molecule has 1 aromatic carbocycles. The number of allylic oxidation sites excluding steroid dienone is 1. The summed E-state index contributed by atoms with van der Waals surface area (Å²) in [5.74, 6) is -0.682. The number of amidine groups is 1. The van der Waals surface area contributed by atoms with Crippen LogP contribution in [0.25, 0.3) is 0 Å². The van der Waals surface area contributed by atoms with Crippen LogP contribution >= 0.6 is 11.8 Å². The van der Waals surface area contributed by atoms with Gasteiger partial charge in [-0.3, -0.25) is 14.9 Å². The molecule has 1 saturated heterocycles. The lowest BCUT2D eigenvalue weighted by molar-refractivity contribution is -0.384. The van der Waals surface area contributed by atoms with Crippen molar-refractivity contribution in [1.29, 1.82) is 0 Å². The topological polar surface area (TPSA) is 123 Å². The summed E-state index contributed by atoms with van der Waals surface area (Å²) < 4.78 is 10.6. The second-order valence-corrected chi connectivity index (χ2v) is 8.90. The zero-order valence-electron chi connectivity index (χ0n) is 19.0. The summed E-state index contributed by atoms with van der Waals surface area (Å²) in [5.41, 5.74) is 2.25. The number of aliphatic imine (C=N–C) groups is 1. The van der Waals surface area contributed by atoms with E-state index in [4.69, 9.17) is 9.47 Å². The Morgan fingerprint density at radius 3 is 2.74 bits per heavy atom. The van der Waals surface area contributed by atoms with E-state index in [2.05, 4.69) is 10.3 Å². The highest BCUT2D eigenvalue weighted by molar-refractivity contribution is 8.16. The van der Waals surface area contributed by atoms with Crippen LogP contribution in [-0.2, 0) is 19.1 Å². The number of non-ortho nitro benzene ring substituents is 1. The molecule has 0 spiro atoms. The lowest BCUT2D eigenvalue weighted by atomic mass is 9.92. The average molecular weight is 487 g/mol. The number of benzene rings is 1. The van der Waals surface area contributed by atoms with Crippen LogP contribution in [0.5, 0.6) is 0 Å². The van der Waals surface area contributed by atoms with Gasteiger partial charge in [0.05, 0.1) is 41.9 Å². The molecule has 0 aliphatic carbocycles. The largest absolute Gasteiger partial charge is 0.466 e. The number of carbonyl (C=O) groups is 2. The minimum absolute atomic E-state index is 0.0387. The fraction of sp³-hybridized carbons (Fsp3) is 0.435. The predicted molar refractivity (Wildman–Crippen MR) is 127 cm³/mol. The Balaban J connectivity index is 1.64. The van der Waals surface area contributed by atoms with Gasteiger partial charge in [0.1, 0.15) is 0 Å². The van der Waals surface area contributed by atoms with E-state index in [1.165, 1.54) is 31.0 Å². The third-order valence-electron chi connectivity index (χ3n) is 5.94. The lowest BCUT2D eigenvalue weighted by Gasteiger charge is -2.36. The minimum atomic E-state index is -0.622. The Bertz CT molecular complexity index is 1080. The van der Waals surface area contributed by atoms with Crippen molar-refractivity contribution in [3.63, 3.8) is 0 Å². The van der Waals surface area contributed by atoms with Gasteiger partial charge in [0, 0.05) is 31.0 Å². The second-order valence-electron chi connectivity index (χ2n) is 8.06. The number of hydrogen-bond acceptors (Lipinski definition) is 9. The monoisotopic (exact) mass is 486 g/mol. The maximum Gasteiger partial charge on any atom is 0.338 e. The van der Waals surface area contributed by atoms with Gasteiger partial charge in [0.2, 0.25) is 5.91 Å². The van der Waals surface area contributed by atoms with Gasteiger partial charge in [-0.1, -0.05) is 18.7 Å². The molecule has 10 nitrogen and oxygen atoms in total. The fourth-order valence-corrected chi connectivity index (χ4v) is 5.20. The van der Waals surface area contributed by atoms with Gasteiger partial charge in [0.25, 0.3) is 5.69 Å². The molecule has 1 aromatic rings. The number of nitrogens with zero attached hydrogens (tertiary/aromatic N) is 3. The van der Waals surface area contributed by atoms with Gasteiger partial charge in [-0.15, -0.1) is 0 Å². The molecule has 0 bridgehead atoms. The van der Waals surface area contributed by atoms with Gasteiger partial charge < -0.3 is 19.7 Å². The summed E-state index contributed by atoms with van der Waals surface area (Å²) in [6, 6.07) is 5.44. The van der Waals surface area contributed by atoms with Gasteiger partial charge in [-0.25, -0.2) is 9.79 Å². The van der Waals surface area contributed by atoms with E-state index in [0.717, 1.165) is 19.4 Å². The van der Waals surface area contributed by atoms with E-state index < -0.39 is 16.9 Å². The predicted octanol–water partition coefficient (Wildman–Crippen LogP) is 3.42. The van der Waals surface area contributed by atoms with Gasteiger partial charge in [0.15, 0.2) is 5.17 Å². The zero-order valence-corrected chi connectivity index (χ0v) is 19.8. The molecule has 34 heavy (non-hydrogen) atoms. The van der Waals surface area contributed by atoms with E-state index in [0.29, 0.717) is 40.7 Å². The number of esters is 1. The minimum Gasteiger partial charge on any atom is -0.466 e. The van der Waals surface area contributed by atoms with Gasteiger partial charge in [-0.2, -0.15) is 0 Å². The Hall–Kier alpha value is -3.18. The van der Waals surface area contributed by atoms with E-state index in [1.54, 1.807) is 12.1 Å². The SMILES string of the molecule is CCC1=C(C(=O)OC)C(c2ccc([N+](=O)[O-])cc2)N2C(CC(=O)NCC3CCCO3)=CSC2=N1. The van der Waals surface area contributed by atoms with Crippen molar-refractivity contribution >= 4 is 34.5 Å². The van der Waals surface area contributed by atoms with Crippen LogP contribution in [0.4, 0.5) is 5.69 Å². The van der Waals surface area contributed by atoms with Crippen molar-refractivity contribution < 1.29 is 24.0 Å². The average Bonchev–Trinajstić information content (AvgIpc) is 3.51. The maximum atomic E-state index is 12.9. The van der Waals surface area contributed by atoms with Crippen LogP contribution in [0, 0.1) is 10.1 Å². The second kappa shape index (κ2) is 10.4. The van der Waals surface area contributed by atoms with Crippen molar-refractivity contribution in [2.45, 2.75) is 44.8 Å². The molecule has 180 valence electrons. The Morgan fingerprint density at radius 2 is 2.12 bits per heavy atom. The zero-order chi connectivity index (χ0) is 24.2. The van der Waals surface area contributed by atoms with Crippen LogP contribution in [0.1, 0.15) is 44.2 Å². The summed E-state index contributed by atoms with van der Waals surface area (Å²) in [6.07, 6.45) is 2.56. The first-order valence-electron chi connectivity index (χ1n) is 11.1. The van der Waals surface area contributed by atoms with Crippen molar-refractivity contribution in [2.24, 2.45) is 4.99 Å². The molecule has 3 aliphatic heterocycles. The highest BCUT2D eigenvalue weighted by Gasteiger charge is 2.41. The molecule has 1 fully saturated rings. The summed E-state index contributed by atoms with van der Waals surface area (Å²) in [6.45, 7) is 3.08. The first-order chi connectivity index (χ1) is 16.4. The number of fused-ring (bicyclic) bond motifs is 1. The van der Waals surface area contributed by atoms with Crippen molar-refractivity contribution in [1.82, 2.24) is 10.2 Å².